The number of amides is 1. The van der Waals surface area contributed by atoms with Crippen LogP contribution >= 0.6 is 11.6 Å². The maximum absolute atomic E-state index is 12.0. The smallest absolute Gasteiger partial charge is 0.239 e. The van der Waals surface area contributed by atoms with E-state index in [0.717, 1.165) is 12.8 Å². The van der Waals surface area contributed by atoms with E-state index < -0.39 is 16.0 Å². The lowest BCUT2D eigenvalue weighted by Crippen LogP contribution is -2.30. The van der Waals surface area contributed by atoms with E-state index in [1.54, 1.807) is 25.1 Å². The first kappa shape index (κ1) is 16.0. The minimum Gasteiger partial charge on any atom is -0.397 e. The van der Waals surface area contributed by atoms with Crippen LogP contribution in [0.15, 0.2) is 18.2 Å². The maximum atomic E-state index is 12.0. The second-order valence-electron chi connectivity index (χ2n) is 4.30. The van der Waals surface area contributed by atoms with Crippen LogP contribution in [0.25, 0.3) is 0 Å². The molecule has 1 rings (SSSR count). The number of nitrogens with one attached hydrogen (secondary N) is 1. The third-order valence-corrected chi connectivity index (χ3v) is 4.66. The fourth-order valence-corrected chi connectivity index (χ4v) is 2.85. The Labute approximate surface area is 121 Å². The summed E-state index contributed by atoms with van der Waals surface area (Å²) in [6.45, 7) is 3.68. The van der Waals surface area contributed by atoms with E-state index in [1.165, 1.54) is 0 Å². The van der Waals surface area contributed by atoms with Gasteiger partial charge in [0, 0.05) is 21.6 Å². The van der Waals surface area contributed by atoms with Crippen molar-refractivity contribution in [2.24, 2.45) is 0 Å². The second kappa shape index (κ2) is 7.50. The lowest BCUT2D eigenvalue weighted by atomic mass is 10.2. The molecule has 2 unspecified atom stereocenters. The molecule has 0 saturated heterocycles. The van der Waals surface area contributed by atoms with Crippen molar-refractivity contribution in [1.29, 1.82) is 0 Å². The molecule has 2 atom stereocenters. The Kier molecular flexibility index (Phi) is 6.31. The van der Waals surface area contributed by atoms with Gasteiger partial charge in [-0.15, -0.1) is 0 Å². The molecular formula is C13H19ClN2O2S. The van der Waals surface area contributed by atoms with Gasteiger partial charge in [0.2, 0.25) is 5.91 Å². The number of anilines is 2. The SMILES string of the molecule is CCCCS(=O)C(C)C(=O)Nc1cc(Cl)ccc1N. The summed E-state index contributed by atoms with van der Waals surface area (Å²) >= 11 is 5.84. The summed E-state index contributed by atoms with van der Waals surface area (Å²) in [7, 11) is -1.17. The van der Waals surface area contributed by atoms with Gasteiger partial charge in [-0.2, -0.15) is 0 Å². The first-order chi connectivity index (χ1) is 8.95. The van der Waals surface area contributed by atoms with Gasteiger partial charge in [0.05, 0.1) is 11.4 Å². The Balaban J connectivity index is 2.68. The highest BCUT2D eigenvalue weighted by Crippen LogP contribution is 2.23. The van der Waals surface area contributed by atoms with E-state index in [4.69, 9.17) is 17.3 Å². The quantitative estimate of drug-likeness (QED) is 0.794. The van der Waals surface area contributed by atoms with Crippen LogP contribution in [-0.4, -0.2) is 21.1 Å². The Hall–Kier alpha value is -1.07. The number of carbonyl (C=O) groups is 1. The van der Waals surface area contributed by atoms with Crippen molar-refractivity contribution < 1.29 is 9.00 Å². The third kappa shape index (κ3) is 4.84. The number of rotatable bonds is 6. The lowest BCUT2D eigenvalue weighted by Gasteiger charge is -2.13. The van der Waals surface area contributed by atoms with Gasteiger partial charge in [0.15, 0.2) is 0 Å². The summed E-state index contributed by atoms with van der Waals surface area (Å²) in [6.07, 6.45) is 1.81. The minimum atomic E-state index is -1.17. The van der Waals surface area contributed by atoms with Crippen LogP contribution in [0.4, 0.5) is 11.4 Å². The number of nitrogen functional groups attached to an aromatic ring is 1. The van der Waals surface area contributed by atoms with E-state index in [0.29, 0.717) is 22.2 Å². The maximum Gasteiger partial charge on any atom is 0.239 e. The zero-order valence-electron chi connectivity index (χ0n) is 11.1. The summed E-state index contributed by atoms with van der Waals surface area (Å²) in [4.78, 5) is 12.0. The average Bonchev–Trinajstić information content (AvgIpc) is 2.39. The molecule has 4 nitrogen and oxygen atoms in total. The number of halogens is 1. The van der Waals surface area contributed by atoms with Crippen molar-refractivity contribution in [3.8, 4) is 0 Å². The van der Waals surface area contributed by atoms with Crippen LogP contribution in [0.2, 0.25) is 5.02 Å². The predicted molar refractivity (Wildman–Crippen MR) is 81.9 cm³/mol. The first-order valence-electron chi connectivity index (χ1n) is 6.18. The third-order valence-electron chi connectivity index (χ3n) is 2.74. The minimum absolute atomic E-state index is 0.302. The van der Waals surface area contributed by atoms with Gasteiger partial charge in [0.1, 0.15) is 5.25 Å². The van der Waals surface area contributed by atoms with Crippen LogP contribution in [0.3, 0.4) is 0 Å². The van der Waals surface area contributed by atoms with Crippen LogP contribution in [0.1, 0.15) is 26.7 Å². The number of hydrogen-bond acceptors (Lipinski definition) is 3. The van der Waals surface area contributed by atoms with Gasteiger partial charge in [0.25, 0.3) is 0 Å². The van der Waals surface area contributed by atoms with Crippen molar-refractivity contribution in [3.05, 3.63) is 23.2 Å². The van der Waals surface area contributed by atoms with Gasteiger partial charge < -0.3 is 11.1 Å². The zero-order valence-corrected chi connectivity index (χ0v) is 12.7. The number of nitrogens with two attached hydrogens (primary N) is 1. The first-order valence-corrected chi connectivity index (χ1v) is 7.94. The highest BCUT2D eigenvalue weighted by Gasteiger charge is 2.20. The van der Waals surface area contributed by atoms with Crippen LogP contribution in [-0.2, 0) is 15.6 Å². The van der Waals surface area contributed by atoms with E-state index in [-0.39, 0.29) is 5.91 Å². The molecule has 1 amide bonds. The predicted octanol–water partition coefficient (Wildman–Crippen LogP) is 2.80. The van der Waals surface area contributed by atoms with Gasteiger partial charge >= 0.3 is 0 Å². The Morgan fingerprint density at radius 2 is 2.21 bits per heavy atom. The van der Waals surface area contributed by atoms with E-state index >= 15 is 0 Å². The van der Waals surface area contributed by atoms with Crippen LogP contribution in [0, 0.1) is 0 Å². The molecule has 3 N–H and O–H groups in total. The molecule has 106 valence electrons. The molecule has 1 aromatic rings. The number of carbonyl (C=O) groups excluding carboxylic acids is 1. The van der Waals surface area contributed by atoms with Crippen molar-refractivity contribution in [2.45, 2.75) is 31.9 Å². The molecule has 0 bridgehead atoms. The van der Waals surface area contributed by atoms with Gasteiger partial charge in [-0.25, -0.2) is 0 Å². The molecule has 0 fully saturated rings. The van der Waals surface area contributed by atoms with Crippen molar-refractivity contribution in [3.63, 3.8) is 0 Å². The van der Waals surface area contributed by atoms with Crippen LogP contribution < -0.4 is 11.1 Å². The summed E-state index contributed by atoms with van der Waals surface area (Å²) < 4.78 is 11.9. The summed E-state index contributed by atoms with van der Waals surface area (Å²) in [5, 5.41) is 2.59. The molecule has 19 heavy (non-hydrogen) atoms. The summed E-state index contributed by atoms with van der Waals surface area (Å²) in [6, 6.07) is 4.85. The zero-order chi connectivity index (χ0) is 14.4. The lowest BCUT2D eigenvalue weighted by molar-refractivity contribution is -0.115. The standard InChI is InChI=1S/C13H19ClN2O2S/c1-3-4-7-19(18)9(2)13(17)16-12-8-10(14)5-6-11(12)15/h5-6,8-9H,3-4,7,15H2,1-2H3,(H,16,17). The largest absolute Gasteiger partial charge is 0.397 e. The Bertz CT molecular complexity index is 480. The monoisotopic (exact) mass is 302 g/mol. The van der Waals surface area contributed by atoms with Crippen LogP contribution in [0.5, 0.6) is 0 Å². The molecule has 0 saturated carbocycles. The van der Waals surface area contributed by atoms with E-state index in [2.05, 4.69) is 5.32 Å². The molecular weight excluding hydrogens is 284 g/mol. The molecule has 0 spiro atoms. The normalized spacial score (nSPS) is 13.8. The summed E-state index contributed by atoms with van der Waals surface area (Å²) in [5.41, 5.74) is 6.63. The highest BCUT2D eigenvalue weighted by atomic mass is 35.5. The molecule has 0 radical (unpaired) electrons. The molecule has 0 aromatic heterocycles. The topological polar surface area (TPSA) is 72.2 Å². The van der Waals surface area contributed by atoms with Gasteiger partial charge in [-0.3, -0.25) is 9.00 Å². The van der Waals surface area contributed by atoms with Crippen molar-refractivity contribution in [2.75, 3.05) is 16.8 Å². The van der Waals surface area contributed by atoms with E-state index in [1.807, 2.05) is 6.92 Å². The van der Waals surface area contributed by atoms with Gasteiger partial charge in [-0.1, -0.05) is 24.9 Å². The number of benzene rings is 1. The molecule has 6 heteroatoms. The Morgan fingerprint density at radius 1 is 1.53 bits per heavy atom. The van der Waals surface area contributed by atoms with Crippen molar-refractivity contribution >= 4 is 39.7 Å². The van der Waals surface area contributed by atoms with Gasteiger partial charge in [-0.05, 0) is 31.5 Å². The molecule has 0 heterocycles. The fourth-order valence-electron chi connectivity index (χ4n) is 1.45. The fraction of sp³-hybridized carbons (Fsp3) is 0.462. The average molecular weight is 303 g/mol. The molecule has 0 aliphatic heterocycles. The molecule has 0 aliphatic carbocycles. The highest BCUT2D eigenvalue weighted by molar-refractivity contribution is 7.86. The second-order valence-corrected chi connectivity index (χ2v) is 6.61. The number of hydrogen-bond donors (Lipinski definition) is 2. The summed E-state index contributed by atoms with van der Waals surface area (Å²) in [5.74, 6) is 0.235. The molecule has 1 aromatic carbocycles. The van der Waals surface area contributed by atoms with E-state index in [9.17, 15) is 9.00 Å². The Morgan fingerprint density at radius 3 is 2.84 bits per heavy atom. The molecule has 0 aliphatic rings. The number of unbranched alkanes of at least 4 members (excludes halogenated alkanes) is 1. The van der Waals surface area contributed by atoms with Crippen molar-refractivity contribution in [1.82, 2.24) is 0 Å².